The summed E-state index contributed by atoms with van der Waals surface area (Å²) in [6, 6.07) is -0.498. The fraction of sp³-hybridized carbons (Fsp3) is 0.900. The molecular formula is C10H22N2O2. The SMILES string of the molecule is CCC(C)C(N)C(=O)NOC(C)(C)C. The summed E-state index contributed by atoms with van der Waals surface area (Å²) in [5.74, 6) is -0.0900. The van der Waals surface area contributed by atoms with Crippen LogP contribution in [0.25, 0.3) is 0 Å². The van der Waals surface area contributed by atoms with Crippen LogP contribution in [0.3, 0.4) is 0 Å². The van der Waals surface area contributed by atoms with Gasteiger partial charge >= 0.3 is 0 Å². The van der Waals surface area contributed by atoms with Crippen molar-refractivity contribution >= 4 is 5.91 Å². The third-order valence-electron chi connectivity index (χ3n) is 2.02. The predicted molar refractivity (Wildman–Crippen MR) is 56.4 cm³/mol. The van der Waals surface area contributed by atoms with Crippen LogP contribution in [-0.4, -0.2) is 17.6 Å². The van der Waals surface area contributed by atoms with E-state index in [1.807, 2.05) is 34.6 Å². The fourth-order valence-electron chi connectivity index (χ4n) is 0.784. The second kappa shape index (κ2) is 5.32. The summed E-state index contributed by atoms with van der Waals surface area (Å²) < 4.78 is 0. The average Bonchev–Trinajstić information content (AvgIpc) is 2.10. The van der Waals surface area contributed by atoms with Gasteiger partial charge in [0, 0.05) is 0 Å². The number of carbonyl (C=O) groups excluding carboxylic acids is 1. The summed E-state index contributed by atoms with van der Waals surface area (Å²) in [4.78, 5) is 16.6. The zero-order valence-corrected chi connectivity index (χ0v) is 9.76. The Kier molecular flexibility index (Phi) is 5.08. The Hall–Kier alpha value is -0.610. The molecule has 2 unspecified atom stereocenters. The molecule has 0 saturated carbocycles. The number of hydrogen-bond donors (Lipinski definition) is 2. The van der Waals surface area contributed by atoms with Gasteiger partial charge in [0.15, 0.2) is 0 Å². The van der Waals surface area contributed by atoms with Crippen LogP contribution in [0.4, 0.5) is 0 Å². The van der Waals surface area contributed by atoms with E-state index in [1.165, 1.54) is 0 Å². The van der Waals surface area contributed by atoms with Gasteiger partial charge in [-0.25, -0.2) is 5.48 Å². The van der Waals surface area contributed by atoms with Gasteiger partial charge in [0.05, 0.1) is 11.6 Å². The van der Waals surface area contributed by atoms with Gasteiger partial charge in [0.25, 0.3) is 5.91 Å². The lowest BCUT2D eigenvalue weighted by Crippen LogP contribution is -2.46. The molecule has 1 amide bonds. The highest BCUT2D eigenvalue weighted by Crippen LogP contribution is 2.07. The summed E-state index contributed by atoms with van der Waals surface area (Å²) in [6.45, 7) is 9.54. The molecule has 84 valence electrons. The van der Waals surface area contributed by atoms with E-state index < -0.39 is 6.04 Å². The van der Waals surface area contributed by atoms with Crippen LogP contribution in [0.15, 0.2) is 0 Å². The molecule has 0 fully saturated rings. The number of amides is 1. The summed E-state index contributed by atoms with van der Waals surface area (Å²) in [6.07, 6.45) is 0.879. The molecule has 0 aliphatic rings. The maximum Gasteiger partial charge on any atom is 0.260 e. The zero-order chi connectivity index (χ0) is 11.4. The topological polar surface area (TPSA) is 64.4 Å². The maximum atomic E-state index is 11.4. The molecular weight excluding hydrogens is 180 g/mol. The highest BCUT2D eigenvalue weighted by molar-refractivity contribution is 5.80. The third kappa shape index (κ3) is 5.19. The lowest BCUT2D eigenvalue weighted by atomic mass is 10.00. The first kappa shape index (κ1) is 13.4. The number of nitrogens with one attached hydrogen (secondary N) is 1. The molecule has 0 aliphatic carbocycles. The molecule has 0 aromatic heterocycles. The maximum absolute atomic E-state index is 11.4. The number of nitrogens with two attached hydrogens (primary N) is 1. The van der Waals surface area contributed by atoms with Crippen molar-refractivity contribution in [2.24, 2.45) is 11.7 Å². The van der Waals surface area contributed by atoms with Crippen LogP contribution in [0.2, 0.25) is 0 Å². The minimum atomic E-state index is -0.498. The third-order valence-corrected chi connectivity index (χ3v) is 2.02. The summed E-state index contributed by atoms with van der Waals surface area (Å²) in [5.41, 5.74) is 7.70. The van der Waals surface area contributed by atoms with Crippen LogP contribution < -0.4 is 11.2 Å². The van der Waals surface area contributed by atoms with Gasteiger partial charge in [-0.15, -0.1) is 0 Å². The smallest absolute Gasteiger partial charge is 0.260 e. The summed E-state index contributed by atoms with van der Waals surface area (Å²) in [5, 5.41) is 0. The molecule has 0 aromatic carbocycles. The van der Waals surface area contributed by atoms with Gasteiger partial charge in [0.2, 0.25) is 0 Å². The first-order valence-corrected chi connectivity index (χ1v) is 5.01. The van der Waals surface area contributed by atoms with E-state index in [4.69, 9.17) is 10.6 Å². The minimum Gasteiger partial charge on any atom is -0.320 e. The molecule has 0 bridgehead atoms. The van der Waals surface area contributed by atoms with Gasteiger partial charge in [-0.3, -0.25) is 9.63 Å². The van der Waals surface area contributed by atoms with Crippen LogP contribution in [0.1, 0.15) is 41.0 Å². The van der Waals surface area contributed by atoms with Gasteiger partial charge < -0.3 is 5.73 Å². The van der Waals surface area contributed by atoms with E-state index in [0.29, 0.717) is 0 Å². The standard InChI is InChI=1S/C10H22N2O2/c1-6-7(2)8(11)9(13)12-14-10(3,4)5/h7-8H,6,11H2,1-5H3,(H,12,13). The minimum absolute atomic E-state index is 0.165. The Labute approximate surface area is 86.1 Å². The van der Waals surface area contributed by atoms with Gasteiger partial charge in [-0.05, 0) is 26.7 Å². The molecule has 0 saturated heterocycles. The molecule has 0 spiro atoms. The fourth-order valence-corrected chi connectivity index (χ4v) is 0.784. The highest BCUT2D eigenvalue weighted by Gasteiger charge is 2.21. The Balaban J connectivity index is 3.97. The molecule has 0 heterocycles. The van der Waals surface area contributed by atoms with Crippen LogP contribution in [0, 0.1) is 5.92 Å². The van der Waals surface area contributed by atoms with E-state index in [2.05, 4.69) is 5.48 Å². The van der Waals surface area contributed by atoms with Crippen LogP contribution >= 0.6 is 0 Å². The Morgan fingerprint density at radius 2 is 2.00 bits per heavy atom. The summed E-state index contributed by atoms with van der Waals surface area (Å²) >= 11 is 0. The van der Waals surface area contributed by atoms with Crippen molar-refractivity contribution in [1.82, 2.24) is 5.48 Å². The van der Waals surface area contributed by atoms with E-state index in [9.17, 15) is 4.79 Å². The quantitative estimate of drug-likeness (QED) is 0.673. The van der Waals surface area contributed by atoms with Crippen molar-refractivity contribution < 1.29 is 9.63 Å². The van der Waals surface area contributed by atoms with Crippen LogP contribution in [-0.2, 0) is 9.63 Å². The lowest BCUT2D eigenvalue weighted by Gasteiger charge is -2.22. The molecule has 4 nitrogen and oxygen atoms in total. The largest absolute Gasteiger partial charge is 0.320 e. The Morgan fingerprint density at radius 1 is 1.50 bits per heavy atom. The number of hydrogen-bond acceptors (Lipinski definition) is 3. The van der Waals surface area contributed by atoms with Crippen molar-refractivity contribution in [3.63, 3.8) is 0 Å². The van der Waals surface area contributed by atoms with Gasteiger partial charge in [0.1, 0.15) is 0 Å². The van der Waals surface area contributed by atoms with E-state index >= 15 is 0 Å². The average molecular weight is 202 g/mol. The Bertz CT molecular complexity index is 187. The first-order chi connectivity index (χ1) is 6.28. The number of hydroxylamine groups is 1. The second-order valence-corrected chi connectivity index (χ2v) is 4.59. The zero-order valence-electron chi connectivity index (χ0n) is 9.76. The predicted octanol–water partition coefficient (Wildman–Crippen LogP) is 1.21. The summed E-state index contributed by atoms with van der Waals surface area (Å²) in [7, 11) is 0. The molecule has 0 rings (SSSR count). The van der Waals surface area contributed by atoms with Crippen molar-refractivity contribution in [1.29, 1.82) is 0 Å². The highest BCUT2D eigenvalue weighted by atomic mass is 16.7. The molecule has 2 atom stereocenters. The molecule has 3 N–H and O–H groups in total. The second-order valence-electron chi connectivity index (χ2n) is 4.59. The van der Waals surface area contributed by atoms with Gasteiger partial charge in [-0.2, -0.15) is 0 Å². The van der Waals surface area contributed by atoms with Crippen molar-refractivity contribution in [3.8, 4) is 0 Å². The van der Waals surface area contributed by atoms with E-state index in [0.717, 1.165) is 6.42 Å². The van der Waals surface area contributed by atoms with Crippen molar-refractivity contribution in [2.75, 3.05) is 0 Å². The molecule has 14 heavy (non-hydrogen) atoms. The van der Waals surface area contributed by atoms with E-state index in [1.54, 1.807) is 0 Å². The molecule has 0 radical (unpaired) electrons. The number of carbonyl (C=O) groups is 1. The molecule has 0 aliphatic heterocycles. The first-order valence-electron chi connectivity index (χ1n) is 5.01. The van der Waals surface area contributed by atoms with Crippen molar-refractivity contribution in [2.45, 2.75) is 52.7 Å². The number of rotatable bonds is 4. The van der Waals surface area contributed by atoms with E-state index in [-0.39, 0.29) is 17.4 Å². The normalized spacial score (nSPS) is 16.1. The molecule has 4 heteroatoms. The molecule has 0 aromatic rings. The van der Waals surface area contributed by atoms with Gasteiger partial charge in [-0.1, -0.05) is 20.3 Å². The monoisotopic (exact) mass is 202 g/mol. The lowest BCUT2D eigenvalue weighted by molar-refractivity contribution is -0.148. The van der Waals surface area contributed by atoms with Crippen molar-refractivity contribution in [3.05, 3.63) is 0 Å². The van der Waals surface area contributed by atoms with Crippen LogP contribution in [0.5, 0.6) is 0 Å². The Morgan fingerprint density at radius 3 is 2.36 bits per heavy atom.